The molecule has 0 N–H and O–H groups in total. The monoisotopic (exact) mass is 327 g/mol. The van der Waals surface area contributed by atoms with Crippen LogP contribution >= 0.6 is 27.5 Å². The van der Waals surface area contributed by atoms with Gasteiger partial charge in [0.05, 0.1) is 23.1 Å². The van der Waals surface area contributed by atoms with Crippen molar-refractivity contribution < 1.29 is 9.21 Å². The minimum atomic E-state index is -0.123. The average Bonchev–Trinajstić information content (AvgIpc) is 2.84. The second-order valence-electron chi connectivity index (χ2n) is 3.89. The Morgan fingerprint density at radius 3 is 2.89 bits per heavy atom. The van der Waals surface area contributed by atoms with Crippen LogP contribution in [0.3, 0.4) is 0 Å². The summed E-state index contributed by atoms with van der Waals surface area (Å²) in [6.45, 7) is 0.484. The van der Waals surface area contributed by atoms with Gasteiger partial charge in [0.15, 0.2) is 0 Å². The van der Waals surface area contributed by atoms with Gasteiger partial charge in [-0.05, 0) is 34.1 Å². The quantitative estimate of drug-likeness (QED) is 0.854. The van der Waals surface area contributed by atoms with E-state index >= 15 is 0 Å². The van der Waals surface area contributed by atoms with E-state index in [9.17, 15) is 4.79 Å². The standard InChI is InChI=1S/C13H11BrClNO2/c1-16(7-9-5-6-18-8-9)13(17)10-3-2-4-11(14)12(10)15/h2-6,8H,7H2,1H3. The SMILES string of the molecule is CN(Cc1ccoc1)C(=O)c1cccc(Br)c1Cl. The molecule has 0 atom stereocenters. The zero-order chi connectivity index (χ0) is 13.1. The second-order valence-corrected chi connectivity index (χ2v) is 5.13. The molecule has 0 aliphatic carbocycles. The summed E-state index contributed by atoms with van der Waals surface area (Å²) in [4.78, 5) is 13.8. The number of benzene rings is 1. The molecule has 0 bridgehead atoms. The average molecular weight is 329 g/mol. The molecule has 2 rings (SSSR count). The summed E-state index contributed by atoms with van der Waals surface area (Å²) in [7, 11) is 1.73. The predicted molar refractivity (Wildman–Crippen MR) is 73.7 cm³/mol. The minimum Gasteiger partial charge on any atom is -0.472 e. The summed E-state index contributed by atoms with van der Waals surface area (Å²) < 4.78 is 5.69. The smallest absolute Gasteiger partial charge is 0.255 e. The van der Waals surface area contributed by atoms with Gasteiger partial charge in [-0.3, -0.25) is 4.79 Å². The third kappa shape index (κ3) is 2.76. The Kier molecular flexibility index (Phi) is 4.09. The van der Waals surface area contributed by atoms with Gasteiger partial charge in [0.2, 0.25) is 0 Å². The maximum Gasteiger partial charge on any atom is 0.255 e. The van der Waals surface area contributed by atoms with Crippen LogP contribution in [0.5, 0.6) is 0 Å². The molecule has 0 unspecified atom stereocenters. The van der Waals surface area contributed by atoms with E-state index in [0.717, 1.165) is 5.56 Å². The van der Waals surface area contributed by atoms with Crippen LogP contribution in [-0.4, -0.2) is 17.9 Å². The lowest BCUT2D eigenvalue weighted by atomic mass is 10.2. The van der Waals surface area contributed by atoms with Gasteiger partial charge >= 0.3 is 0 Å². The zero-order valence-corrected chi connectivity index (χ0v) is 12.0. The summed E-state index contributed by atoms with van der Waals surface area (Å²) >= 11 is 9.41. The number of hydrogen-bond acceptors (Lipinski definition) is 2. The molecule has 0 fully saturated rings. The third-order valence-corrected chi connectivity index (χ3v) is 3.82. The number of hydrogen-bond donors (Lipinski definition) is 0. The summed E-state index contributed by atoms with van der Waals surface area (Å²) in [6.07, 6.45) is 3.20. The molecule has 0 saturated heterocycles. The molecule has 0 aliphatic heterocycles. The molecular weight excluding hydrogens is 318 g/mol. The summed E-state index contributed by atoms with van der Waals surface area (Å²) in [5.74, 6) is -0.123. The molecule has 0 saturated carbocycles. The van der Waals surface area contributed by atoms with E-state index in [1.54, 1.807) is 42.7 Å². The van der Waals surface area contributed by atoms with Crippen molar-refractivity contribution in [2.24, 2.45) is 0 Å². The van der Waals surface area contributed by atoms with E-state index in [4.69, 9.17) is 16.0 Å². The molecular formula is C13H11BrClNO2. The van der Waals surface area contributed by atoms with Gasteiger partial charge in [-0.2, -0.15) is 0 Å². The van der Waals surface area contributed by atoms with Gasteiger partial charge in [0, 0.05) is 23.6 Å². The first-order chi connectivity index (χ1) is 8.59. The van der Waals surface area contributed by atoms with Crippen molar-refractivity contribution in [3.05, 3.63) is 57.4 Å². The first-order valence-electron chi connectivity index (χ1n) is 5.30. The fourth-order valence-electron chi connectivity index (χ4n) is 1.60. The van der Waals surface area contributed by atoms with Crippen LogP contribution in [-0.2, 0) is 6.54 Å². The van der Waals surface area contributed by atoms with Crippen molar-refractivity contribution in [3.8, 4) is 0 Å². The Labute approximate surface area is 118 Å². The largest absolute Gasteiger partial charge is 0.472 e. The van der Waals surface area contributed by atoms with Crippen molar-refractivity contribution in [2.45, 2.75) is 6.54 Å². The molecule has 2 aromatic rings. The van der Waals surface area contributed by atoms with Gasteiger partial charge in [-0.1, -0.05) is 17.7 Å². The molecule has 1 aromatic heterocycles. The highest BCUT2D eigenvalue weighted by molar-refractivity contribution is 9.10. The topological polar surface area (TPSA) is 33.5 Å². The van der Waals surface area contributed by atoms with E-state index in [-0.39, 0.29) is 5.91 Å². The lowest BCUT2D eigenvalue weighted by Crippen LogP contribution is -2.26. The highest BCUT2D eigenvalue weighted by atomic mass is 79.9. The first kappa shape index (κ1) is 13.2. The van der Waals surface area contributed by atoms with E-state index in [1.165, 1.54) is 0 Å². The highest BCUT2D eigenvalue weighted by Gasteiger charge is 2.16. The molecule has 1 amide bonds. The van der Waals surface area contributed by atoms with Crippen LogP contribution < -0.4 is 0 Å². The predicted octanol–water partition coefficient (Wildman–Crippen LogP) is 3.97. The summed E-state index contributed by atoms with van der Waals surface area (Å²) in [6, 6.07) is 7.12. The van der Waals surface area contributed by atoms with E-state index in [0.29, 0.717) is 21.6 Å². The summed E-state index contributed by atoms with van der Waals surface area (Å²) in [5.41, 5.74) is 1.43. The van der Waals surface area contributed by atoms with Gasteiger partial charge in [0.25, 0.3) is 5.91 Å². The zero-order valence-electron chi connectivity index (χ0n) is 9.69. The van der Waals surface area contributed by atoms with Crippen molar-refractivity contribution >= 4 is 33.4 Å². The molecule has 0 aliphatic rings. The fraction of sp³-hybridized carbons (Fsp3) is 0.154. The third-order valence-electron chi connectivity index (χ3n) is 2.53. The fourth-order valence-corrected chi connectivity index (χ4v) is 2.18. The minimum absolute atomic E-state index is 0.123. The maximum absolute atomic E-state index is 12.2. The number of nitrogens with zero attached hydrogens (tertiary/aromatic N) is 1. The van der Waals surface area contributed by atoms with Crippen LogP contribution in [0.2, 0.25) is 5.02 Å². The molecule has 0 radical (unpaired) electrons. The Morgan fingerprint density at radius 1 is 1.44 bits per heavy atom. The lowest BCUT2D eigenvalue weighted by molar-refractivity contribution is 0.0785. The Bertz CT molecular complexity index is 554. The van der Waals surface area contributed by atoms with Crippen molar-refractivity contribution in [2.75, 3.05) is 7.05 Å². The Balaban J connectivity index is 2.18. The van der Waals surface area contributed by atoms with Crippen LogP contribution in [0.15, 0.2) is 45.7 Å². The van der Waals surface area contributed by atoms with Gasteiger partial charge in [0.1, 0.15) is 0 Å². The number of halogens is 2. The number of amides is 1. The number of furan rings is 1. The summed E-state index contributed by atoms with van der Waals surface area (Å²) in [5, 5.41) is 0.432. The van der Waals surface area contributed by atoms with E-state index < -0.39 is 0 Å². The van der Waals surface area contributed by atoms with Gasteiger partial charge < -0.3 is 9.32 Å². The van der Waals surface area contributed by atoms with E-state index in [1.807, 2.05) is 6.07 Å². The van der Waals surface area contributed by atoms with E-state index in [2.05, 4.69) is 15.9 Å². The first-order valence-corrected chi connectivity index (χ1v) is 6.47. The number of carbonyl (C=O) groups is 1. The number of rotatable bonds is 3. The lowest BCUT2D eigenvalue weighted by Gasteiger charge is -2.17. The molecule has 1 aromatic carbocycles. The maximum atomic E-state index is 12.2. The number of carbonyl (C=O) groups excluding carboxylic acids is 1. The highest BCUT2D eigenvalue weighted by Crippen LogP contribution is 2.27. The van der Waals surface area contributed by atoms with Gasteiger partial charge in [-0.25, -0.2) is 0 Å². The van der Waals surface area contributed by atoms with Crippen LogP contribution in [0.1, 0.15) is 15.9 Å². The Morgan fingerprint density at radius 2 is 2.22 bits per heavy atom. The molecule has 1 heterocycles. The van der Waals surface area contributed by atoms with Crippen LogP contribution in [0, 0.1) is 0 Å². The Hall–Kier alpha value is -1.26. The second kappa shape index (κ2) is 5.59. The molecule has 94 valence electrons. The normalized spacial score (nSPS) is 10.4. The molecule has 3 nitrogen and oxygen atoms in total. The van der Waals surface area contributed by atoms with Gasteiger partial charge in [-0.15, -0.1) is 0 Å². The van der Waals surface area contributed by atoms with Crippen molar-refractivity contribution in [1.82, 2.24) is 4.90 Å². The molecule has 5 heteroatoms. The van der Waals surface area contributed by atoms with Crippen LogP contribution in [0.4, 0.5) is 0 Å². The van der Waals surface area contributed by atoms with Crippen LogP contribution in [0.25, 0.3) is 0 Å². The van der Waals surface area contributed by atoms with Crippen molar-refractivity contribution in [3.63, 3.8) is 0 Å². The van der Waals surface area contributed by atoms with Crippen molar-refractivity contribution in [1.29, 1.82) is 0 Å². The molecule has 18 heavy (non-hydrogen) atoms. The molecule has 0 spiro atoms.